The van der Waals surface area contributed by atoms with E-state index in [9.17, 15) is 18.0 Å². The number of hydrogen-bond donors (Lipinski definition) is 2. The Hall–Kier alpha value is -0.820. The van der Waals surface area contributed by atoms with E-state index in [0.29, 0.717) is 0 Å². The molecule has 2 atom stereocenters. The third-order valence-electron chi connectivity index (χ3n) is 2.18. The fraction of sp³-hybridized carbons (Fsp3) is 0.875. The second-order valence-electron chi connectivity index (χ2n) is 3.40. The summed E-state index contributed by atoms with van der Waals surface area (Å²) in [7, 11) is 1.34. The molecule has 0 heterocycles. The van der Waals surface area contributed by atoms with Gasteiger partial charge in [0, 0.05) is 12.6 Å². The number of carboxylic acid groups (broad SMARTS) is 1. The Morgan fingerprint density at radius 2 is 1.93 bits per heavy atom. The Kier molecular flexibility index (Phi) is 5.02. The fourth-order valence-electron chi connectivity index (χ4n) is 0.929. The van der Waals surface area contributed by atoms with Crippen LogP contribution in [0.1, 0.15) is 6.92 Å². The molecule has 2 unspecified atom stereocenters. The standard InChI is InChI=1S/C8H14F3NO3/c1-5(4-13)12(2)3-6(7(14)15)8(9,10)11/h5-6,13H,3-4H2,1-2H3,(H,14,15). The van der Waals surface area contributed by atoms with Crippen molar-refractivity contribution in [1.82, 2.24) is 4.90 Å². The number of hydrogen-bond acceptors (Lipinski definition) is 3. The Balaban J connectivity index is 4.50. The monoisotopic (exact) mass is 229 g/mol. The van der Waals surface area contributed by atoms with E-state index in [-0.39, 0.29) is 6.61 Å². The average Bonchev–Trinajstić information content (AvgIpc) is 2.09. The number of alkyl halides is 3. The lowest BCUT2D eigenvalue weighted by molar-refractivity contribution is -0.196. The first kappa shape index (κ1) is 14.2. The molecule has 0 spiro atoms. The predicted molar refractivity (Wildman–Crippen MR) is 46.4 cm³/mol. The van der Waals surface area contributed by atoms with Crippen LogP contribution in [-0.4, -0.2) is 53.5 Å². The van der Waals surface area contributed by atoms with Crippen molar-refractivity contribution in [3.05, 3.63) is 0 Å². The van der Waals surface area contributed by atoms with Gasteiger partial charge in [0.05, 0.1) is 6.61 Å². The number of likely N-dealkylation sites (N-methyl/N-ethyl adjacent to an activating group) is 1. The van der Waals surface area contributed by atoms with Gasteiger partial charge in [0.2, 0.25) is 0 Å². The molecule has 0 fully saturated rings. The molecule has 0 amide bonds. The summed E-state index contributed by atoms with van der Waals surface area (Å²) < 4.78 is 36.7. The van der Waals surface area contributed by atoms with Crippen molar-refractivity contribution >= 4 is 5.97 Å². The number of aliphatic hydroxyl groups is 1. The second kappa shape index (κ2) is 5.32. The maximum Gasteiger partial charge on any atom is 0.403 e. The van der Waals surface area contributed by atoms with Gasteiger partial charge in [-0.05, 0) is 14.0 Å². The lowest BCUT2D eigenvalue weighted by Crippen LogP contribution is -2.43. The van der Waals surface area contributed by atoms with E-state index < -0.39 is 30.7 Å². The highest BCUT2D eigenvalue weighted by atomic mass is 19.4. The second-order valence-corrected chi connectivity index (χ2v) is 3.40. The van der Waals surface area contributed by atoms with Crippen molar-refractivity contribution in [2.75, 3.05) is 20.2 Å². The third kappa shape index (κ3) is 4.48. The lowest BCUT2D eigenvalue weighted by atomic mass is 10.1. The highest BCUT2D eigenvalue weighted by Crippen LogP contribution is 2.27. The molecular formula is C8H14F3NO3. The van der Waals surface area contributed by atoms with Crippen LogP contribution in [-0.2, 0) is 4.79 Å². The molecule has 0 saturated heterocycles. The zero-order valence-corrected chi connectivity index (χ0v) is 8.45. The number of aliphatic hydroxyl groups excluding tert-OH is 1. The van der Waals surface area contributed by atoms with E-state index in [1.165, 1.54) is 14.0 Å². The molecule has 0 aliphatic rings. The minimum atomic E-state index is -4.77. The van der Waals surface area contributed by atoms with E-state index >= 15 is 0 Å². The first-order valence-corrected chi connectivity index (χ1v) is 4.30. The van der Waals surface area contributed by atoms with E-state index in [1.807, 2.05) is 0 Å². The van der Waals surface area contributed by atoms with Crippen LogP contribution in [0, 0.1) is 5.92 Å². The minimum Gasteiger partial charge on any atom is -0.481 e. The van der Waals surface area contributed by atoms with Crippen LogP contribution in [0.5, 0.6) is 0 Å². The topological polar surface area (TPSA) is 60.8 Å². The average molecular weight is 229 g/mol. The molecule has 0 radical (unpaired) electrons. The van der Waals surface area contributed by atoms with Gasteiger partial charge in [0.1, 0.15) is 0 Å². The SMILES string of the molecule is CC(CO)N(C)CC(C(=O)O)C(F)(F)F. The number of carboxylic acids is 1. The molecule has 0 aromatic heterocycles. The number of carbonyl (C=O) groups is 1. The Morgan fingerprint density at radius 1 is 1.47 bits per heavy atom. The highest BCUT2D eigenvalue weighted by Gasteiger charge is 2.45. The molecular weight excluding hydrogens is 215 g/mol. The van der Waals surface area contributed by atoms with Crippen molar-refractivity contribution in [2.45, 2.75) is 19.1 Å². The molecule has 0 saturated carbocycles. The molecule has 0 rings (SSSR count). The van der Waals surface area contributed by atoms with Gasteiger partial charge in [-0.1, -0.05) is 0 Å². The van der Waals surface area contributed by atoms with Crippen LogP contribution in [0.4, 0.5) is 13.2 Å². The molecule has 15 heavy (non-hydrogen) atoms. The van der Waals surface area contributed by atoms with Crippen LogP contribution in [0.15, 0.2) is 0 Å². The minimum absolute atomic E-state index is 0.319. The first-order valence-electron chi connectivity index (χ1n) is 4.30. The third-order valence-corrected chi connectivity index (χ3v) is 2.18. The van der Waals surface area contributed by atoms with Crippen molar-refractivity contribution < 1.29 is 28.2 Å². The highest BCUT2D eigenvalue weighted by molar-refractivity contribution is 5.71. The molecule has 90 valence electrons. The normalized spacial score (nSPS) is 16.5. The van der Waals surface area contributed by atoms with Crippen molar-refractivity contribution in [3.8, 4) is 0 Å². The van der Waals surface area contributed by atoms with E-state index in [0.717, 1.165) is 4.90 Å². The molecule has 7 heteroatoms. The van der Waals surface area contributed by atoms with Gasteiger partial charge in [-0.3, -0.25) is 4.79 Å². The van der Waals surface area contributed by atoms with E-state index in [2.05, 4.69) is 0 Å². The zero-order chi connectivity index (χ0) is 12.2. The first-order chi connectivity index (χ1) is 6.70. The van der Waals surface area contributed by atoms with Gasteiger partial charge in [-0.2, -0.15) is 13.2 Å². The van der Waals surface area contributed by atoms with Gasteiger partial charge in [0.15, 0.2) is 5.92 Å². The number of nitrogens with zero attached hydrogens (tertiary/aromatic N) is 1. The Bertz CT molecular complexity index is 220. The molecule has 2 N–H and O–H groups in total. The van der Waals surface area contributed by atoms with Crippen molar-refractivity contribution in [3.63, 3.8) is 0 Å². The quantitative estimate of drug-likeness (QED) is 0.723. The maximum absolute atomic E-state index is 12.2. The largest absolute Gasteiger partial charge is 0.481 e. The van der Waals surface area contributed by atoms with Crippen LogP contribution < -0.4 is 0 Å². The van der Waals surface area contributed by atoms with E-state index in [4.69, 9.17) is 10.2 Å². The van der Waals surface area contributed by atoms with Gasteiger partial charge >= 0.3 is 12.1 Å². The van der Waals surface area contributed by atoms with Crippen LogP contribution in [0.25, 0.3) is 0 Å². The van der Waals surface area contributed by atoms with Crippen LogP contribution in [0.2, 0.25) is 0 Å². The Labute approximate surface area is 85.3 Å². The maximum atomic E-state index is 12.2. The lowest BCUT2D eigenvalue weighted by Gasteiger charge is -2.26. The van der Waals surface area contributed by atoms with Gasteiger partial charge in [0.25, 0.3) is 0 Å². The Morgan fingerprint density at radius 3 is 2.20 bits per heavy atom. The van der Waals surface area contributed by atoms with Gasteiger partial charge < -0.3 is 15.1 Å². The summed E-state index contributed by atoms with van der Waals surface area (Å²) >= 11 is 0. The van der Waals surface area contributed by atoms with Crippen molar-refractivity contribution in [2.24, 2.45) is 5.92 Å². The number of aliphatic carboxylic acids is 1. The molecule has 0 aliphatic heterocycles. The summed E-state index contributed by atoms with van der Waals surface area (Å²) in [6.07, 6.45) is -4.77. The number of halogens is 3. The smallest absolute Gasteiger partial charge is 0.403 e. The molecule has 0 aromatic rings. The van der Waals surface area contributed by atoms with E-state index in [1.54, 1.807) is 0 Å². The summed E-state index contributed by atoms with van der Waals surface area (Å²) in [5, 5.41) is 17.1. The molecule has 0 aromatic carbocycles. The molecule has 4 nitrogen and oxygen atoms in total. The van der Waals surface area contributed by atoms with Gasteiger partial charge in [-0.15, -0.1) is 0 Å². The number of rotatable bonds is 5. The zero-order valence-electron chi connectivity index (χ0n) is 8.45. The van der Waals surface area contributed by atoms with Crippen molar-refractivity contribution in [1.29, 1.82) is 0 Å². The molecule has 0 aliphatic carbocycles. The molecule has 0 bridgehead atoms. The van der Waals surface area contributed by atoms with Crippen LogP contribution >= 0.6 is 0 Å². The van der Waals surface area contributed by atoms with Gasteiger partial charge in [-0.25, -0.2) is 0 Å². The summed E-state index contributed by atoms with van der Waals surface area (Å²) in [6, 6.07) is -0.505. The summed E-state index contributed by atoms with van der Waals surface area (Å²) in [5.41, 5.74) is 0. The summed E-state index contributed by atoms with van der Waals surface area (Å²) in [6.45, 7) is 0.524. The summed E-state index contributed by atoms with van der Waals surface area (Å²) in [4.78, 5) is 11.5. The van der Waals surface area contributed by atoms with Crippen LogP contribution in [0.3, 0.4) is 0 Å². The predicted octanol–water partition coefficient (Wildman–Crippen LogP) is 0.562. The fourth-order valence-corrected chi connectivity index (χ4v) is 0.929. The summed E-state index contributed by atoms with van der Waals surface area (Å²) in [5.74, 6) is -4.32.